The van der Waals surface area contributed by atoms with Crippen LogP contribution in [0.2, 0.25) is 0 Å². The molecule has 1 aliphatic carbocycles. The van der Waals surface area contributed by atoms with Crippen LogP contribution < -0.4 is 5.73 Å². The summed E-state index contributed by atoms with van der Waals surface area (Å²) in [5.41, 5.74) is 8.86. The van der Waals surface area contributed by atoms with E-state index in [0.717, 1.165) is 16.9 Å². The zero-order valence-electron chi connectivity index (χ0n) is 9.44. The van der Waals surface area contributed by atoms with E-state index < -0.39 is 0 Å². The molecule has 0 radical (unpaired) electrons. The van der Waals surface area contributed by atoms with Crippen LogP contribution in [-0.2, 0) is 6.54 Å². The second kappa shape index (κ2) is 3.87. The van der Waals surface area contributed by atoms with Crippen molar-refractivity contribution in [2.75, 3.05) is 5.73 Å². The maximum Gasteiger partial charge on any atom is 0.123 e. The molecule has 0 saturated heterocycles. The van der Waals surface area contributed by atoms with Crippen LogP contribution >= 0.6 is 0 Å². The number of nitrogen functional groups attached to an aromatic ring is 1. The SMILES string of the molecule is Nc1cnn(Cc2ccc(F)cc2)c1C1CC1. The van der Waals surface area contributed by atoms with E-state index in [4.69, 9.17) is 5.73 Å². The minimum atomic E-state index is -0.212. The van der Waals surface area contributed by atoms with Gasteiger partial charge in [0.05, 0.1) is 24.1 Å². The molecule has 0 atom stereocenters. The highest BCUT2D eigenvalue weighted by molar-refractivity contribution is 5.45. The van der Waals surface area contributed by atoms with Crippen LogP contribution in [-0.4, -0.2) is 9.78 Å². The molecule has 3 nitrogen and oxygen atoms in total. The van der Waals surface area contributed by atoms with E-state index in [2.05, 4.69) is 5.10 Å². The van der Waals surface area contributed by atoms with Crippen molar-refractivity contribution >= 4 is 5.69 Å². The molecule has 88 valence electrons. The molecule has 1 heterocycles. The maximum absolute atomic E-state index is 12.8. The number of benzene rings is 1. The second-order valence-corrected chi connectivity index (χ2v) is 4.54. The van der Waals surface area contributed by atoms with Crippen LogP contribution in [0, 0.1) is 5.82 Å². The summed E-state index contributed by atoms with van der Waals surface area (Å²) in [5, 5.41) is 4.29. The highest BCUT2D eigenvalue weighted by Crippen LogP contribution is 2.42. The Labute approximate surface area is 99.1 Å². The average molecular weight is 231 g/mol. The lowest BCUT2D eigenvalue weighted by Gasteiger charge is -2.07. The normalized spacial score (nSPS) is 15.1. The zero-order valence-corrected chi connectivity index (χ0v) is 9.44. The Morgan fingerprint density at radius 1 is 1.29 bits per heavy atom. The molecule has 0 unspecified atom stereocenters. The molecule has 1 saturated carbocycles. The predicted octanol–water partition coefficient (Wildman–Crippen LogP) is 2.53. The molecule has 3 rings (SSSR count). The quantitative estimate of drug-likeness (QED) is 0.882. The molecule has 0 bridgehead atoms. The van der Waals surface area contributed by atoms with Gasteiger partial charge < -0.3 is 5.73 Å². The molecule has 0 spiro atoms. The van der Waals surface area contributed by atoms with Gasteiger partial charge in [-0.15, -0.1) is 0 Å². The Bertz CT molecular complexity index is 526. The Kier molecular flexibility index (Phi) is 2.35. The third-order valence-corrected chi connectivity index (χ3v) is 3.12. The summed E-state index contributed by atoms with van der Waals surface area (Å²) in [4.78, 5) is 0. The van der Waals surface area contributed by atoms with Crippen molar-refractivity contribution in [3.8, 4) is 0 Å². The number of nitrogens with two attached hydrogens (primary N) is 1. The monoisotopic (exact) mass is 231 g/mol. The van der Waals surface area contributed by atoms with Crippen molar-refractivity contribution in [3.63, 3.8) is 0 Å². The molecule has 17 heavy (non-hydrogen) atoms. The third kappa shape index (κ3) is 2.02. The number of halogens is 1. The molecule has 1 aromatic carbocycles. The van der Waals surface area contributed by atoms with Crippen molar-refractivity contribution in [1.82, 2.24) is 9.78 Å². The predicted molar refractivity (Wildman–Crippen MR) is 64.1 cm³/mol. The first-order valence-electron chi connectivity index (χ1n) is 5.79. The topological polar surface area (TPSA) is 43.8 Å². The minimum absolute atomic E-state index is 0.212. The average Bonchev–Trinajstić information content (AvgIpc) is 3.08. The molecular formula is C13H14FN3. The van der Waals surface area contributed by atoms with Crippen LogP contribution in [0.1, 0.15) is 30.0 Å². The van der Waals surface area contributed by atoms with Gasteiger partial charge in [0.1, 0.15) is 5.82 Å². The number of rotatable bonds is 3. The standard InChI is InChI=1S/C13H14FN3/c14-11-5-1-9(2-6-11)8-17-13(10-3-4-10)12(15)7-16-17/h1-2,5-7,10H,3-4,8,15H2. The first-order chi connectivity index (χ1) is 8.24. The molecule has 0 amide bonds. The smallest absolute Gasteiger partial charge is 0.123 e. The maximum atomic E-state index is 12.8. The molecule has 1 fully saturated rings. The van der Waals surface area contributed by atoms with Gasteiger partial charge in [0.15, 0.2) is 0 Å². The number of anilines is 1. The highest BCUT2D eigenvalue weighted by Gasteiger charge is 2.29. The lowest BCUT2D eigenvalue weighted by Crippen LogP contribution is -2.06. The molecule has 2 aromatic rings. The van der Waals surface area contributed by atoms with Crippen molar-refractivity contribution < 1.29 is 4.39 Å². The van der Waals surface area contributed by atoms with E-state index in [9.17, 15) is 4.39 Å². The van der Waals surface area contributed by atoms with Crippen LogP contribution in [0.15, 0.2) is 30.5 Å². The van der Waals surface area contributed by atoms with Gasteiger partial charge in [-0.3, -0.25) is 4.68 Å². The molecular weight excluding hydrogens is 217 g/mol. The van der Waals surface area contributed by atoms with Crippen LogP contribution in [0.4, 0.5) is 10.1 Å². The number of aromatic nitrogens is 2. The van der Waals surface area contributed by atoms with Gasteiger partial charge in [-0.2, -0.15) is 5.10 Å². The van der Waals surface area contributed by atoms with Gasteiger partial charge in [-0.25, -0.2) is 4.39 Å². The Balaban J connectivity index is 1.87. The summed E-state index contributed by atoms with van der Waals surface area (Å²) in [7, 11) is 0. The molecule has 1 aromatic heterocycles. The largest absolute Gasteiger partial charge is 0.396 e. The van der Waals surface area contributed by atoms with Gasteiger partial charge in [0.25, 0.3) is 0 Å². The first-order valence-corrected chi connectivity index (χ1v) is 5.79. The fourth-order valence-corrected chi connectivity index (χ4v) is 2.10. The summed E-state index contributed by atoms with van der Waals surface area (Å²) >= 11 is 0. The Morgan fingerprint density at radius 3 is 2.65 bits per heavy atom. The highest BCUT2D eigenvalue weighted by atomic mass is 19.1. The Hall–Kier alpha value is -1.84. The van der Waals surface area contributed by atoms with E-state index in [0.29, 0.717) is 12.5 Å². The fourth-order valence-electron chi connectivity index (χ4n) is 2.10. The summed E-state index contributed by atoms with van der Waals surface area (Å²) in [5.74, 6) is 0.356. The van der Waals surface area contributed by atoms with E-state index in [1.165, 1.54) is 25.0 Å². The number of nitrogens with zero attached hydrogens (tertiary/aromatic N) is 2. The lowest BCUT2D eigenvalue weighted by molar-refractivity contribution is 0.621. The van der Waals surface area contributed by atoms with Gasteiger partial charge in [0.2, 0.25) is 0 Å². The molecule has 2 N–H and O–H groups in total. The number of hydrogen-bond donors (Lipinski definition) is 1. The van der Waals surface area contributed by atoms with E-state index in [1.807, 2.05) is 4.68 Å². The molecule has 4 heteroatoms. The van der Waals surface area contributed by atoms with Crippen LogP contribution in [0.5, 0.6) is 0 Å². The van der Waals surface area contributed by atoms with Crippen LogP contribution in [0.3, 0.4) is 0 Å². The summed E-state index contributed by atoms with van der Waals surface area (Å²) in [6.07, 6.45) is 4.09. The molecule has 0 aliphatic heterocycles. The zero-order chi connectivity index (χ0) is 11.8. The van der Waals surface area contributed by atoms with Gasteiger partial charge in [0, 0.05) is 5.92 Å². The first kappa shape index (κ1) is 10.3. The van der Waals surface area contributed by atoms with Gasteiger partial charge >= 0.3 is 0 Å². The second-order valence-electron chi connectivity index (χ2n) is 4.54. The van der Waals surface area contributed by atoms with E-state index in [1.54, 1.807) is 18.3 Å². The van der Waals surface area contributed by atoms with Crippen molar-refractivity contribution in [3.05, 3.63) is 47.5 Å². The van der Waals surface area contributed by atoms with E-state index >= 15 is 0 Å². The van der Waals surface area contributed by atoms with Gasteiger partial charge in [-0.05, 0) is 30.5 Å². The summed E-state index contributed by atoms with van der Waals surface area (Å²) in [6.45, 7) is 0.656. The molecule has 1 aliphatic rings. The number of hydrogen-bond acceptors (Lipinski definition) is 2. The fraction of sp³-hybridized carbons (Fsp3) is 0.308. The van der Waals surface area contributed by atoms with Crippen molar-refractivity contribution in [1.29, 1.82) is 0 Å². The van der Waals surface area contributed by atoms with Crippen molar-refractivity contribution in [2.24, 2.45) is 0 Å². The summed E-state index contributed by atoms with van der Waals surface area (Å²) < 4.78 is 14.7. The lowest BCUT2D eigenvalue weighted by atomic mass is 10.2. The minimum Gasteiger partial charge on any atom is -0.396 e. The third-order valence-electron chi connectivity index (χ3n) is 3.12. The summed E-state index contributed by atoms with van der Waals surface area (Å²) in [6, 6.07) is 6.51. The van der Waals surface area contributed by atoms with Crippen LogP contribution in [0.25, 0.3) is 0 Å². The Morgan fingerprint density at radius 2 is 2.00 bits per heavy atom. The van der Waals surface area contributed by atoms with Crippen molar-refractivity contribution in [2.45, 2.75) is 25.3 Å². The van der Waals surface area contributed by atoms with E-state index in [-0.39, 0.29) is 5.82 Å². The van der Waals surface area contributed by atoms with Gasteiger partial charge in [-0.1, -0.05) is 12.1 Å².